The van der Waals surface area contributed by atoms with Crippen molar-refractivity contribution in [2.45, 2.75) is 37.8 Å². The predicted molar refractivity (Wildman–Crippen MR) is 76.5 cm³/mol. The van der Waals surface area contributed by atoms with Crippen LogP contribution in [0, 0.1) is 5.82 Å². The topological polar surface area (TPSA) is 32.3 Å². The summed E-state index contributed by atoms with van der Waals surface area (Å²) in [6.07, 6.45) is 4.49. The zero-order valence-corrected chi connectivity index (χ0v) is 12.0. The number of piperidine rings is 1. The number of carbonyl (C=O) groups is 1. The van der Waals surface area contributed by atoms with Crippen LogP contribution in [0.25, 0.3) is 0 Å². The minimum absolute atomic E-state index is 0.0297. The molecule has 0 bridgehead atoms. The molecule has 0 unspecified atom stereocenters. The molecule has 1 N–H and O–H groups in total. The van der Waals surface area contributed by atoms with E-state index in [0.717, 1.165) is 32.0 Å². The molecule has 0 aromatic heterocycles. The van der Waals surface area contributed by atoms with Crippen LogP contribution < -0.4 is 5.32 Å². The fourth-order valence-corrected chi connectivity index (χ4v) is 2.96. The van der Waals surface area contributed by atoms with Gasteiger partial charge < -0.3 is 10.2 Å². The van der Waals surface area contributed by atoms with Gasteiger partial charge in [-0.05, 0) is 43.9 Å². The van der Waals surface area contributed by atoms with Crippen molar-refractivity contribution in [2.24, 2.45) is 0 Å². The molecule has 20 heavy (non-hydrogen) atoms. The highest BCUT2D eigenvalue weighted by atomic mass is 35.5. The highest BCUT2D eigenvalue weighted by Crippen LogP contribution is 2.29. The maximum absolute atomic E-state index is 13.6. The third-order valence-corrected chi connectivity index (χ3v) is 4.34. The molecule has 5 heteroatoms. The lowest BCUT2D eigenvalue weighted by molar-refractivity contribution is 0.0905. The Balaban J connectivity index is 1.57. The van der Waals surface area contributed by atoms with Crippen LogP contribution in [0.4, 0.5) is 4.39 Å². The zero-order chi connectivity index (χ0) is 14.1. The molecule has 2 fully saturated rings. The molecule has 0 atom stereocenters. The molecule has 1 heterocycles. The summed E-state index contributed by atoms with van der Waals surface area (Å²) in [7, 11) is 0. The largest absolute Gasteiger partial charge is 0.349 e. The fourth-order valence-electron chi connectivity index (χ4n) is 2.78. The average molecular weight is 297 g/mol. The molecule has 1 aromatic rings. The Morgan fingerprint density at radius 1 is 1.25 bits per heavy atom. The summed E-state index contributed by atoms with van der Waals surface area (Å²) < 4.78 is 13.6. The Hall–Kier alpha value is -1.13. The molecule has 3 rings (SSSR count). The van der Waals surface area contributed by atoms with E-state index in [9.17, 15) is 9.18 Å². The molecule has 3 nitrogen and oxygen atoms in total. The number of likely N-dealkylation sites (tertiary alicyclic amines) is 1. The van der Waals surface area contributed by atoms with Crippen molar-refractivity contribution in [1.29, 1.82) is 0 Å². The summed E-state index contributed by atoms with van der Waals surface area (Å²) in [5.74, 6) is -0.891. The summed E-state index contributed by atoms with van der Waals surface area (Å²) >= 11 is 5.81. The van der Waals surface area contributed by atoms with Crippen molar-refractivity contribution >= 4 is 17.5 Å². The first-order valence-corrected chi connectivity index (χ1v) is 7.51. The number of benzene rings is 1. The van der Waals surface area contributed by atoms with Crippen molar-refractivity contribution in [3.8, 4) is 0 Å². The van der Waals surface area contributed by atoms with Crippen LogP contribution >= 0.6 is 11.6 Å². The van der Waals surface area contributed by atoms with E-state index >= 15 is 0 Å². The second kappa shape index (κ2) is 5.70. The number of nitrogens with zero attached hydrogens (tertiary/aromatic N) is 1. The molecule has 0 radical (unpaired) electrons. The Kier molecular flexibility index (Phi) is 3.94. The number of halogens is 2. The van der Waals surface area contributed by atoms with Gasteiger partial charge in [0.2, 0.25) is 0 Å². The maximum atomic E-state index is 13.6. The van der Waals surface area contributed by atoms with Gasteiger partial charge in [-0.15, -0.1) is 0 Å². The molecular weight excluding hydrogens is 279 g/mol. The summed E-state index contributed by atoms with van der Waals surface area (Å²) in [6, 6.07) is 4.97. The molecule has 0 spiro atoms. The molecule has 1 aliphatic heterocycles. The smallest absolute Gasteiger partial charge is 0.254 e. The van der Waals surface area contributed by atoms with Gasteiger partial charge in [0.15, 0.2) is 0 Å². The lowest BCUT2D eigenvalue weighted by Crippen LogP contribution is -2.45. The van der Waals surface area contributed by atoms with Gasteiger partial charge in [0, 0.05) is 30.2 Å². The number of hydrogen-bond donors (Lipinski definition) is 1. The van der Waals surface area contributed by atoms with E-state index in [1.54, 1.807) is 0 Å². The maximum Gasteiger partial charge on any atom is 0.254 e. The van der Waals surface area contributed by atoms with Crippen molar-refractivity contribution in [1.82, 2.24) is 10.2 Å². The van der Waals surface area contributed by atoms with Gasteiger partial charge in [-0.25, -0.2) is 4.39 Å². The number of hydrogen-bond acceptors (Lipinski definition) is 2. The van der Waals surface area contributed by atoms with E-state index in [1.165, 1.54) is 31.0 Å². The number of nitrogens with one attached hydrogen (secondary N) is 1. The Bertz CT molecular complexity index is 511. The monoisotopic (exact) mass is 296 g/mol. The Morgan fingerprint density at radius 2 is 1.95 bits per heavy atom. The van der Waals surface area contributed by atoms with Crippen LogP contribution in [-0.4, -0.2) is 36.0 Å². The quantitative estimate of drug-likeness (QED) is 0.930. The van der Waals surface area contributed by atoms with Gasteiger partial charge in [0.25, 0.3) is 5.91 Å². The normalized spacial score (nSPS) is 20.9. The second-order valence-corrected chi connectivity index (χ2v) is 6.08. The molecule has 1 saturated heterocycles. The van der Waals surface area contributed by atoms with Crippen molar-refractivity contribution < 1.29 is 9.18 Å². The molecule has 2 aliphatic rings. The first-order chi connectivity index (χ1) is 9.63. The molecule has 1 aromatic carbocycles. The van der Waals surface area contributed by atoms with E-state index in [4.69, 9.17) is 11.6 Å². The van der Waals surface area contributed by atoms with E-state index in [1.807, 2.05) is 0 Å². The van der Waals surface area contributed by atoms with Crippen molar-refractivity contribution in [3.63, 3.8) is 0 Å². The zero-order valence-electron chi connectivity index (χ0n) is 11.2. The molecule has 108 valence electrons. The Morgan fingerprint density at radius 3 is 2.60 bits per heavy atom. The molecule has 1 saturated carbocycles. The van der Waals surface area contributed by atoms with E-state index < -0.39 is 5.82 Å². The van der Waals surface area contributed by atoms with Crippen molar-refractivity contribution in [2.75, 3.05) is 13.1 Å². The summed E-state index contributed by atoms with van der Waals surface area (Å²) in [5, 5.41) is 3.29. The van der Waals surface area contributed by atoms with E-state index in [0.29, 0.717) is 5.02 Å². The van der Waals surface area contributed by atoms with Crippen LogP contribution in [-0.2, 0) is 0 Å². The van der Waals surface area contributed by atoms with Gasteiger partial charge >= 0.3 is 0 Å². The number of carbonyl (C=O) groups excluding carboxylic acids is 1. The highest BCUT2D eigenvalue weighted by Gasteiger charge is 2.32. The number of rotatable bonds is 3. The van der Waals surface area contributed by atoms with Gasteiger partial charge in [-0.3, -0.25) is 4.79 Å². The van der Waals surface area contributed by atoms with Crippen LogP contribution in [0.1, 0.15) is 36.0 Å². The minimum atomic E-state index is -0.526. The highest BCUT2D eigenvalue weighted by molar-refractivity contribution is 6.31. The lowest BCUT2D eigenvalue weighted by atomic mass is 10.0. The van der Waals surface area contributed by atoms with Crippen molar-refractivity contribution in [3.05, 3.63) is 34.6 Å². The SMILES string of the molecule is O=C(NC1CCN(C2CC2)CC1)c1cc(Cl)ccc1F. The van der Waals surface area contributed by atoms with Gasteiger partial charge in [0.05, 0.1) is 5.56 Å². The lowest BCUT2D eigenvalue weighted by Gasteiger charge is -2.32. The van der Waals surface area contributed by atoms with Gasteiger partial charge in [-0.2, -0.15) is 0 Å². The summed E-state index contributed by atoms with van der Waals surface area (Å²) in [6.45, 7) is 2.04. The van der Waals surface area contributed by atoms with Crippen LogP contribution in [0.15, 0.2) is 18.2 Å². The van der Waals surface area contributed by atoms with Gasteiger partial charge in [0.1, 0.15) is 5.82 Å². The third kappa shape index (κ3) is 3.13. The average Bonchev–Trinajstić information content (AvgIpc) is 3.27. The fraction of sp³-hybridized carbons (Fsp3) is 0.533. The number of amides is 1. The summed E-state index contributed by atoms with van der Waals surface area (Å²) in [5.41, 5.74) is 0.0297. The van der Waals surface area contributed by atoms with Crippen LogP contribution in [0.2, 0.25) is 5.02 Å². The standard InChI is InChI=1S/C15H18ClFN2O/c16-10-1-4-14(17)13(9-10)15(20)18-11-5-7-19(8-6-11)12-2-3-12/h1,4,9,11-12H,2-3,5-8H2,(H,18,20). The molecule has 1 amide bonds. The predicted octanol–water partition coefficient (Wildman–Crippen LogP) is 2.84. The summed E-state index contributed by atoms with van der Waals surface area (Å²) in [4.78, 5) is 14.6. The van der Waals surface area contributed by atoms with Crippen LogP contribution in [0.3, 0.4) is 0 Å². The first-order valence-electron chi connectivity index (χ1n) is 7.13. The second-order valence-electron chi connectivity index (χ2n) is 5.64. The third-order valence-electron chi connectivity index (χ3n) is 4.10. The van der Waals surface area contributed by atoms with Crippen LogP contribution in [0.5, 0.6) is 0 Å². The van der Waals surface area contributed by atoms with E-state index in [-0.39, 0.29) is 17.5 Å². The molecule has 1 aliphatic carbocycles. The molecular formula is C15H18ClFN2O. The first kappa shape index (κ1) is 13.8. The minimum Gasteiger partial charge on any atom is -0.349 e. The van der Waals surface area contributed by atoms with E-state index in [2.05, 4.69) is 10.2 Å². The Labute approximate surface area is 123 Å². The van der Waals surface area contributed by atoms with Gasteiger partial charge in [-0.1, -0.05) is 11.6 Å².